The molecule has 0 bridgehead atoms. The zero-order valence-electron chi connectivity index (χ0n) is 6.25. The summed E-state index contributed by atoms with van der Waals surface area (Å²) in [5.74, 6) is 0. The lowest BCUT2D eigenvalue weighted by atomic mass is 10.4. The predicted molar refractivity (Wildman–Crippen MR) is 47.2 cm³/mol. The number of aromatic amines is 1. The number of H-pyrrole nitrogens is 1. The van der Waals surface area contributed by atoms with Gasteiger partial charge in [-0.25, -0.2) is 4.98 Å². The number of aromatic nitrogens is 2. The molecule has 0 saturated heterocycles. The summed E-state index contributed by atoms with van der Waals surface area (Å²) in [6.45, 7) is 7.18. The topological polar surface area (TPSA) is 28.7 Å². The minimum atomic E-state index is 0.889. The Balaban J connectivity index is 3.38. The lowest BCUT2D eigenvalue weighted by molar-refractivity contribution is 1.29. The highest BCUT2D eigenvalue weighted by molar-refractivity contribution is 5.37. The van der Waals surface area contributed by atoms with Gasteiger partial charge in [-0.2, -0.15) is 0 Å². The summed E-state index contributed by atoms with van der Waals surface area (Å²) in [4.78, 5) is 7.04. The predicted octanol–water partition coefficient (Wildman–Crippen LogP) is 0.343. The highest BCUT2D eigenvalue weighted by Crippen LogP contribution is 1.64. The Morgan fingerprint density at radius 1 is 1.27 bits per heavy atom. The zero-order valence-corrected chi connectivity index (χ0v) is 6.25. The van der Waals surface area contributed by atoms with Gasteiger partial charge < -0.3 is 4.98 Å². The van der Waals surface area contributed by atoms with Crippen LogP contribution in [0.2, 0.25) is 0 Å². The lowest BCUT2D eigenvalue weighted by Crippen LogP contribution is -2.23. The van der Waals surface area contributed by atoms with Crippen LogP contribution in [0.1, 0.15) is 0 Å². The molecule has 0 atom stereocenters. The zero-order chi connectivity index (χ0) is 8.10. The number of nitrogens with one attached hydrogen (secondary N) is 1. The van der Waals surface area contributed by atoms with E-state index in [4.69, 9.17) is 0 Å². The van der Waals surface area contributed by atoms with E-state index < -0.39 is 0 Å². The summed E-state index contributed by atoms with van der Waals surface area (Å²) in [5, 5.41) is 1.85. The molecule has 2 heteroatoms. The Morgan fingerprint density at radius 2 is 2.00 bits per heavy atom. The summed E-state index contributed by atoms with van der Waals surface area (Å²) in [7, 11) is 0. The molecule has 11 heavy (non-hydrogen) atoms. The third-order valence-electron chi connectivity index (χ3n) is 1.26. The highest BCUT2D eigenvalue weighted by Gasteiger charge is 1.81. The standard InChI is InChI=1S/C9H10N2/c1-3-5-8-9(6-4-2)11-7-10-8/h3-7H,1-2H2,(H,10,11)/b8-5+,9-6+. The third-order valence-corrected chi connectivity index (χ3v) is 1.26. The van der Waals surface area contributed by atoms with Crippen molar-refractivity contribution >= 4 is 12.2 Å². The first-order valence-corrected chi connectivity index (χ1v) is 3.33. The van der Waals surface area contributed by atoms with E-state index in [1.165, 1.54) is 0 Å². The van der Waals surface area contributed by atoms with Gasteiger partial charge in [0.05, 0.1) is 17.0 Å². The Morgan fingerprint density at radius 3 is 2.64 bits per heavy atom. The van der Waals surface area contributed by atoms with Gasteiger partial charge in [0.15, 0.2) is 0 Å². The van der Waals surface area contributed by atoms with E-state index in [0.29, 0.717) is 0 Å². The molecule has 56 valence electrons. The van der Waals surface area contributed by atoms with Crippen LogP contribution in [0, 0.1) is 0 Å². The Bertz CT molecular complexity index is 323. The number of hydrogen-bond donors (Lipinski definition) is 1. The van der Waals surface area contributed by atoms with Gasteiger partial charge in [-0.15, -0.1) is 0 Å². The van der Waals surface area contributed by atoms with Crippen LogP contribution >= 0.6 is 0 Å². The fraction of sp³-hybridized carbons (Fsp3) is 0. The van der Waals surface area contributed by atoms with Gasteiger partial charge in [0.2, 0.25) is 0 Å². The third kappa shape index (κ3) is 1.67. The molecule has 0 saturated carbocycles. The van der Waals surface area contributed by atoms with Crippen molar-refractivity contribution in [1.29, 1.82) is 0 Å². The van der Waals surface area contributed by atoms with E-state index in [1.54, 1.807) is 18.5 Å². The van der Waals surface area contributed by atoms with Gasteiger partial charge in [-0.3, -0.25) is 0 Å². The Kier molecular flexibility index (Phi) is 2.44. The van der Waals surface area contributed by atoms with E-state index >= 15 is 0 Å². The van der Waals surface area contributed by atoms with Gasteiger partial charge in [0.25, 0.3) is 0 Å². The lowest BCUT2D eigenvalue weighted by Gasteiger charge is -1.73. The molecule has 0 unspecified atom stereocenters. The minimum Gasteiger partial charge on any atom is -0.345 e. The molecule has 0 radical (unpaired) electrons. The maximum atomic E-state index is 4.06. The molecule has 0 amide bonds. The molecule has 1 rings (SSSR count). The molecule has 1 N–H and O–H groups in total. The van der Waals surface area contributed by atoms with Crippen molar-refractivity contribution in [3.05, 3.63) is 42.3 Å². The van der Waals surface area contributed by atoms with Gasteiger partial charge in [-0.1, -0.05) is 25.3 Å². The molecular formula is C9H10N2. The van der Waals surface area contributed by atoms with E-state index in [0.717, 1.165) is 10.7 Å². The number of hydrogen-bond acceptors (Lipinski definition) is 1. The Hall–Kier alpha value is -1.57. The van der Waals surface area contributed by atoms with E-state index in [2.05, 4.69) is 23.1 Å². The first kappa shape index (κ1) is 7.54. The van der Waals surface area contributed by atoms with Gasteiger partial charge in [0.1, 0.15) is 0 Å². The SMILES string of the molecule is C=C/C=c1/nc[nH]/c1=C/C=C. The van der Waals surface area contributed by atoms with Crippen molar-refractivity contribution in [1.82, 2.24) is 9.97 Å². The second-order valence-corrected chi connectivity index (χ2v) is 2.01. The van der Waals surface area contributed by atoms with Crippen molar-refractivity contribution in [3.63, 3.8) is 0 Å². The normalized spacial score (nSPS) is 13.5. The molecule has 0 aliphatic rings. The molecule has 0 aliphatic heterocycles. The maximum absolute atomic E-state index is 4.06. The van der Waals surface area contributed by atoms with Crippen molar-refractivity contribution in [2.45, 2.75) is 0 Å². The molecule has 2 nitrogen and oxygen atoms in total. The van der Waals surface area contributed by atoms with E-state index in [1.807, 2.05) is 12.2 Å². The molecule has 0 aliphatic carbocycles. The second kappa shape index (κ2) is 3.56. The summed E-state index contributed by atoms with van der Waals surface area (Å²) in [6, 6.07) is 0. The number of rotatable bonds is 2. The molecule has 1 aromatic heterocycles. The molecule has 0 aromatic carbocycles. The highest BCUT2D eigenvalue weighted by atomic mass is 14.8. The van der Waals surface area contributed by atoms with Crippen LogP contribution in [0.3, 0.4) is 0 Å². The van der Waals surface area contributed by atoms with Crippen LogP contribution in [-0.2, 0) is 0 Å². The van der Waals surface area contributed by atoms with Crippen LogP contribution in [-0.4, -0.2) is 9.97 Å². The fourth-order valence-electron chi connectivity index (χ4n) is 0.811. The second-order valence-electron chi connectivity index (χ2n) is 2.01. The van der Waals surface area contributed by atoms with Crippen molar-refractivity contribution < 1.29 is 0 Å². The first-order valence-electron chi connectivity index (χ1n) is 3.33. The van der Waals surface area contributed by atoms with Crippen molar-refractivity contribution in [2.24, 2.45) is 0 Å². The molecule has 1 aromatic rings. The quantitative estimate of drug-likeness (QED) is 0.640. The number of imidazole rings is 1. The number of allylic oxidation sites excluding steroid dienone is 2. The molecule has 1 heterocycles. The first-order chi connectivity index (χ1) is 5.38. The average Bonchev–Trinajstić information content (AvgIpc) is 2.39. The van der Waals surface area contributed by atoms with Crippen LogP contribution < -0.4 is 10.7 Å². The largest absolute Gasteiger partial charge is 0.345 e. The molecule has 0 spiro atoms. The average molecular weight is 146 g/mol. The summed E-state index contributed by atoms with van der Waals surface area (Å²) >= 11 is 0. The van der Waals surface area contributed by atoms with Crippen molar-refractivity contribution in [2.75, 3.05) is 0 Å². The van der Waals surface area contributed by atoms with Gasteiger partial charge in [-0.05, 0) is 12.2 Å². The number of nitrogens with zero attached hydrogens (tertiary/aromatic N) is 1. The maximum Gasteiger partial charge on any atom is 0.0931 e. The van der Waals surface area contributed by atoms with E-state index in [-0.39, 0.29) is 0 Å². The fourth-order valence-corrected chi connectivity index (χ4v) is 0.811. The monoisotopic (exact) mass is 146 g/mol. The van der Waals surface area contributed by atoms with Crippen LogP contribution in [0.5, 0.6) is 0 Å². The summed E-state index contributed by atoms with van der Waals surface area (Å²) in [6.07, 6.45) is 8.77. The van der Waals surface area contributed by atoms with Gasteiger partial charge in [0, 0.05) is 0 Å². The Labute approximate surface area is 65.3 Å². The van der Waals surface area contributed by atoms with E-state index in [9.17, 15) is 0 Å². The van der Waals surface area contributed by atoms with Crippen LogP contribution in [0.4, 0.5) is 0 Å². The minimum absolute atomic E-state index is 0.889. The summed E-state index contributed by atoms with van der Waals surface area (Å²) in [5.41, 5.74) is 0. The molecule has 0 fully saturated rings. The smallest absolute Gasteiger partial charge is 0.0931 e. The summed E-state index contributed by atoms with van der Waals surface area (Å²) < 4.78 is 0. The van der Waals surface area contributed by atoms with Gasteiger partial charge >= 0.3 is 0 Å². The molecular weight excluding hydrogens is 136 g/mol. The van der Waals surface area contributed by atoms with Crippen molar-refractivity contribution in [3.8, 4) is 0 Å². The van der Waals surface area contributed by atoms with Crippen LogP contribution in [0.15, 0.2) is 31.6 Å². The van der Waals surface area contributed by atoms with Crippen LogP contribution in [0.25, 0.3) is 12.2 Å².